The number of carboxylic acid groups (broad SMARTS) is 1. The van der Waals surface area contributed by atoms with Crippen molar-refractivity contribution in [2.45, 2.75) is 23.3 Å². The number of imidazole rings is 1. The van der Waals surface area contributed by atoms with E-state index in [1.807, 2.05) is 30.3 Å². The van der Waals surface area contributed by atoms with Gasteiger partial charge in [0.15, 0.2) is 0 Å². The van der Waals surface area contributed by atoms with Crippen LogP contribution in [0.2, 0.25) is 0 Å². The van der Waals surface area contributed by atoms with Crippen LogP contribution in [0.3, 0.4) is 0 Å². The van der Waals surface area contributed by atoms with Crippen LogP contribution in [0.4, 0.5) is 0 Å². The molecule has 1 heterocycles. The molecule has 1 saturated carbocycles. The Morgan fingerprint density at radius 1 is 1.16 bits per heavy atom. The number of H-pyrrole nitrogens is 1. The maximum Gasteiger partial charge on any atom is 0.324 e. The molecule has 0 atom stereocenters. The Kier molecular flexibility index (Phi) is 3.41. The summed E-state index contributed by atoms with van der Waals surface area (Å²) in [5.74, 6) is -0.507. The predicted molar refractivity (Wildman–Crippen MR) is 91.5 cm³/mol. The fourth-order valence-corrected chi connectivity index (χ4v) is 4.13. The summed E-state index contributed by atoms with van der Waals surface area (Å²) in [6.07, 6.45) is 0.595. The monoisotopic (exact) mass is 357 g/mol. The molecule has 3 aromatic rings. The van der Waals surface area contributed by atoms with Gasteiger partial charge in [0.05, 0.1) is 15.9 Å². The van der Waals surface area contributed by atoms with Crippen LogP contribution in [0.15, 0.2) is 53.4 Å². The molecule has 3 N–H and O–H groups in total. The normalized spacial score (nSPS) is 16.0. The molecule has 4 rings (SSSR count). The zero-order valence-corrected chi connectivity index (χ0v) is 13.9. The van der Waals surface area contributed by atoms with Crippen LogP contribution in [0, 0.1) is 0 Å². The number of aromatic nitrogens is 2. The Morgan fingerprint density at radius 3 is 2.52 bits per heavy atom. The van der Waals surface area contributed by atoms with Gasteiger partial charge in [-0.2, -0.15) is 4.72 Å². The lowest BCUT2D eigenvalue weighted by Crippen LogP contribution is -2.42. The number of carbonyl (C=O) groups is 1. The molecule has 1 aromatic heterocycles. The van der Waals surface area contributed by atoms with Crippen molar-refractivity contribution in [1.29, 1.82) is 0 Å². The molecule has 0 amide bonds. The second kappa shape index (κ2) is 5.40. The van der Waals surface area contributed by atoms with Crippen molar-refractivity contribution < 1.29 is 18.3 Å². The largest absolute Gasteiger partial charge is 0.480 e. The van der Waals surface area contributed by atoms with Crippen LogP contribution in [0.25, 0.3) is 22.4 Å². The molecule has 0 saturated heterocycles. The first-order chi connectivity index (χ1) is 11.9. The summed E-state index contributed by atoms with van der Waals surface area (Å²) in [7, 11) is -3.93. The van der Waals surface area contributed by atoms with Gasteiger partial charge in [0.1, 0.15) is 11.4 Å². The minimum atomic E-state index is -3.93. The number of aromatic amines is 1. The molecule has 1 aliphatic carbocycles. The molecular formula is C17H15N3O4S. The Balaban J connectivity index is 1.71. The number of fused-ring (bicyclic) bond motifs is 1. The van der Waals surface area contributed by atoms with Crippen molar-refractivity contribution in [3.05, 3.63) is 48.5 Å². The Labute approximate surface area is 143 Å². The number of carboxylic acids is 1. The average molecular weight is 357 g/mol. The standard InChI is InChI=1S/C17H15N3O4S/c21-16(22)17(8-9-17)20-25(23,24)12-6-7-13-14(10-12)19-15(18-13)11-4-2-1-3-5-11/h1-7,10,20H,8-9H2,(H,18,19)(H,21,22). The van der Waals surface area contributed by atoms with E-state index >= 15 is 0 Å². The third kappa shape index (κ3) is 2.79. The average Bonchev–Trinajstić information content (AvgIpc) is 3.24. The highest BCUT2D eigenvalue weighted by Gasteiger charge is 2.53. The minimum absolute atomic E-state index is 0.00999. The topological polar surface area (TPSA) is 112 Å². The smallest absolute Gasteiger partial charge is 0.324 e. The lowest BCUT2D eigenvalue weighted by atomic mass is 10.2. The predicted octanol–water partition coefficient (Wildman–Crippen LogP) is 2.13. The van der Waals surface area contributed by atoms with Gasteiger partial charge < -0.3 is 10.1 Å². The van der Waals surface area contributed by atoms with E-state index < -0.39 is 21.5 Å². The summed E-state index contributed by atoms with van der Waals surface area (Å²) >= 11 is 0. The van der Waals surface area contributed by atoms with Crippen LogP contribution < -0.4 is 4.72 Å². The van der Waals surface area contributed by atoms with Crippen molar-refractivity contribution in [1.82, 2.24) is 14.7 Å². The molecule has 0 unspecified atom stereocenters. The molecule has 1 aliphatic rings. The molecule has 2 aromatic carbocycles. The molecule has 0 radical (unpaired) electrons. The minimum Gasteiger partial charge on any atom is -0.480 e. The highest BCUT2D eigenvalue weighted by molar-refractivity contribution is 7.89. The first kappa shape index (κ1) is 15.8. The number of sulfonamides is 1. The zero-order chi connectivity index (χ0) is 17.7. The van der Waals surface area contributed by atoms with Crippen molar-refractivity contribution in [3.8, 4) is 11.4 Å². The Bertz CT molecular complexity index is 1070. The van der Waals surface area contributed by atoms with Crippen LogP contribution in [-0.4, -0.2) is 35.0 Å². The van der Waals surface area contributed by atoms with Gasteiger partial charge >= 0.3 is 5.97 Å². The van der Waals surface area contributed by atoms with Gasteiger partial charge in [0.25, 0.3) is 0 Å². The number of nitrogens with one attached hydrogen (secondary N) is 2. The highest BCUT2D eigenvalue weighted by atomic mass is 32.2. The fraction of sp³-hybridized carbons (Fsp3) is 0.176. The van der Waals surface area contributed by atoms with E-state index in [-0.39, 0.29) is 4.90 Å². The Hall–Kier alpha value is -2.71. The summed E-state index contributed by atoms with van der Waals surface area (Å²) < 4.78 is 27.3. The summed E-state index contributed by atoms with van der Waals surface area (Å²) in [6, 6.07) is 14.0. The van der Waals surface area contributed by atoms with Crippen molar-refractivity contribution >= 4 is 27.0 Å². The summed E-state index contributed by atoms with van der Waals surface area (Å²) in [4.78, 5) is 18.8. The van der Waals surface area contributed by atoms with Crippen molar-refractivity contribution in [2.24, 2.45) is 0 Å². The quantitative estimate of drug-likeness (QED) is 0.647. The zero-order valence-electron chi connectivity index (χ0n) is 13.1. The van der Waals surface area contributed by atoms with E-state index in [1.165, 1.54) is 12.1 Å². The molecular weight excluding hydrogens is 342 g/mol. The van der Waals surface area contributed by atoms with Gasteiger partial charge in [-0.1, -0.05) is 30.3 Å². The lowest BCUT2D eigenvalue weighted by Gasteiger charge is -2.12. The SMILES string of the molecule is O=C(O)C1(NS(=O)(=O)c2ccc3nc(-c4ccccc4)[nH]c3c2)CC1. The maximum absolute atomic E-state index is 12.5. The summed E-state index contributed by atoms with van der Waals surface area (Å²) in [5.41, 5.74) is 0.736. The number of rotatable bonds is 5. The fourth-order valence-electron chi connectivity index (χ4n) is 2.69. The third-order valence-corrected chi connectivity index (χ3v) is 5.83. The summed E-state index contributed by atoms with van der Waals surface area (Å²) in [5, 5.41) is 9.17. The molecule has 0 aliphatic heterocycles. The van der Waals surface area contributed by atoms with Crippen LogP contribution in [-0.2, 0) is 14.8 Å². The maximum atomic E-state index is 12.5. The molecule has 25 heavy (non-hydrogen) atoms. The first-order valence-corrected chi connectivity index (χ1v) is 9.21. The number of hydrogen-bond acceptors (Lipinski definition) is 4. The van der Waals surface area contributed by atoms with Crippen LogP contribution in [0.5, 0.6) is 0 Å². The molecule has 0 bridgehead atoms. The Morgan fingerprint density at radius 2 is 1.88 bits per heavy atom. The molecule has 0 spiro atoms. The van der Waals surface area contributed by atoms with E-state index in [2.05, 4.69) is 14.7 Å². The van der Waals surface area contributed by atoms with Crippen LogP contribution in [0.1, 0.15) is 12.8 Å². The van der Waals surface area contributed by atoms with Gasteiger partial charge in [-0.15, -0.1) is 0 Å². The number of aliphatic carboxylic acids is 1. The second-order valence-electron chi connectivity index (χ2n) is 6.12. The van der Waals surface area contributed by atoms with Gasteiger partial charge in [-0.05, 0) is 31.0 Å². The molecule has 8 heteroatoms. The van der Waals surface area contributed by atoms with E-state index in [0.717, 1.165) is 5.56 Å². The van der Waals surface area contributed by atoms with Gasteiger partial charge in [-0.3, -0.25) is 4.79 Å². The first-order valence-electron chi connectivity index (χ1n) is 7.72. The van der Waals surface area contributed by atoms with Gasteiger partial charge in [-0.25, -0.2) is 13.4 Å². The van der Waals surface area contributed by atoms with Gasteiger partial charge in [0, 0.05) is 5.56 Å². The third-order valence-electron chi connectivity index (χ3n) is 4.30. The molecule has 1 fully saturated rings. The highest BCUT2D eigenvalue weighted by Crippen LogP contribution is 2.37. The number of nitrogens with zero attached hydrogens (tertiary/aromatic N) is 1. The molecule has 128 valence electrons. The van der Waals surface area contributed by atoms with Crippen molar-refractivity contribution in [2.75, 3.05) is 0 Å². The van der Waals surface area contributed by atoms with Gasteiger partial charge in [0.2, 0.25) is 10.0 Å². The van der Waals surface area contributed by atoms with E-state index in [1.54, 1.807) is 6.07 Å². The lowest BCUT2D eigenvalue weighted by molar-refractivity contribution is -0.140. The van der Waals surface area contributed by atoms with E-state index in [4.69, 9.17) is 0 Å². The second-order valence-corrected chi connectivity index (χ2v) is 7.81. The number of hydrogen-bond donors (Lipinski definition) is 3. The van der Waals surface area contributed by atoms with E-state index in [0.29, 0.717) is 29.7 Å². The van der Waals surface area contributed by atoms with Crippen molar-refractivity contribution in [3.63, 3.8) is 0 Å². The van der Waals surface area contributed by atoms with Crippen LogP contribution >= 0.6 is 0 Å². The molecule has 7 nitrogen and oxygen atoms in total. The number of benzene rings is 2. The van der Waals surface area contributed by atoms with E-state index in [9.17, 15) is 18.3 Å². The summed E-state index contributed by atoms with van der Waals surface area (Å²) in [6.45, 7) is 0.